The first-order valence-corrected chi connectivity index (χ1v) is 9.22. The lowest BCUT2D eigenvalue weighted by Gasteiger charge is -2.31. The highest BCUT2D eigenvalue weighted by Crippen LogP contribution is 2.31. The summed E-state index contributed by atoms with van der Waals surface area (Å²) in [5.41, 5.74) is 0. The minimum absolute atomic E-state index is 0.659. The summed E-state index contributed by atoms with van der Waals surface area (Å²) in [7, 11) is 0. The molecule has 20 heavy (non-hydrogen) atoms. The summed E-state index contributed by atoms with van der Waals surface area (Å²) < 4.78 is 0. The summed E-state index contributed by atoms with van der Waals surface area (Å²) in [4.78, 5) is 4.24. The third-order valence-corrected chi connectivity index (χ3v) is 5.67. The Hall–Kier alpha value is -0.380. The highest BCUT2D eigenvalue weighted by atomic mass is 32.1. The quantitative estimate of drug-likeness (QED) is 0.816. The number of hydrogen-bond acceptors (Lipinski definition) is 3. The number of hydrogen-bond donors (Lipinski definition) is 1. The molecule has 1 heterocycles. The normalized spacial score (nSPS) is 22.3. The summed E-state index contributed by atoms with van der Waals surface area (Å²) in [5.74, 6) is 0. The molecule has 3 heteroatoms. The van der Waals surface area contributed by atoms with Crippen molar-refractivity contribution in [3.8, 4) is 0 Å². The number of thiophene rings is 1. The zero-order valence-electron chi connectivity index (χ0n) is 12.7. The molecule has 0 aromatic carbocycles. The van der Waals surface area contributed by atoms with Crippen LogP contribution in [0.3, 0.4) is 0 Å². The van der Waals surface area contributed by atoms with Crippen LogP contribution in [-0.2, 0) is 6.54 Å². The first-order chi connectivity index (χ1) is 9.83. The number of rotatable bonds is 7. The van der Waals surface area contributed by atoms with Gasteiger partial charge in [-0.25, -0.2) is 0 Å². The second-order valence-electron chi connectivity index (χ2n) is 6.58. The Morgan fingerprint density at radius 1 is 1.25 bits per heavy atom. The van der Waals surface area contributed by atoms with Gasteiger partial charge in [-0.05, 0) is 44.1 Å². The van der Waals surface area contributed by atoms with E-state index in [1.165, 1.54) is 49.8 Å². The molecule has 3 rings (SSSR count). The van der Waals surface area contributed by atoms with E-state index in [0.29, 0.717) is 6.04 Å². The molecule has 2 saturated carbocycles. The van der Waals surface area contributed by atoms with Crippen LogP contribution in [0.15, 0.2) is 17.5 Å². The van der Waals surface area contributed by atoms with Gasteiger partial charge in [0.25, 0.3) is 0 Å². The van der Waals surface area contributed by atoms with Gasteiger partial charge < -0.3 is 5.32 Å². The molecule has 0 radical (unpaired) electrons. The fourth-order valence-electron chi connectivity index (χ4n) is 3.39. The summed E-state index contributed by atoms with van der Waals surface area (Å²) in [5, 5.41) is 6.03. The van der Waals surface area contributed by atoms with Gasteiger partial charge in [0.15, 0.2) is 0 Å². The van der Waals surface area contributed by atoms with Crippen LogP contribution >= 0.6 is 11.3 Å². The molecule has 1 atom stereocenters. The van der Waals surface area contributed by atoms with Crippen molar-refractivity contribution in [1.29, 1.82) is 0 Å². The lowest BCUT2D eigenvalue weighted by Crippen LogP contribution is -2.44. The van der Waals surface area contributed by atoms with E-state index in [-0.39, 0.29) is 0 Å². The van der Waals surface area contributed by atoms with E-state index in [1.807, 2.05) is 11.3 Å². The third-order valence-electron chi connectivity index (χ3n) is 4.81. The van der Waals surface area contributed by atoms with Crippen LogP contribution in [-0.4, -0.2) is 29.6 Å². The van der Waals surface area contributed by atoms with Crippen LogP contribution in [0, 0.1) is 0 Å². The van der Waals surface area contributed by atoms with Gasteiger partial charge in [-0.3, -0.25) is 4.90 Å². The second-order valence-corrected chi connectivity index (χ2v) is 7.61. The van der Waals surface area contributed by atoms with Gasteiger partial charge >= 0.3 is 0 Å². The highest BCUT2D eigenvalue weighted by molar-refractivity contribution is 7.09. The number of nitrogens with zero attached hydrogens (tertiary/aromatic N) is 1. The van der Waals surface area contributed by atoms with Crippen LogP contribution in [0.4, 0.5) is 0 Å². The smallest absolute Gasteiger partial charge is 0.0334 e. The Kier molecular flexibility index (Phi) is 5.14. The monoisotopic (exact) mass is 292 g/mol. The Bertz CT molecular complexity index is 380. The molecular formula is C17H28N2S. The molecule has 0 saturated heterocycles. The molecular weight excluding hydrogens is 264 g/mol. The fraction of sp³-hybridized carbons (Fsp3) is 0.765. The van der Waals surface area contributed by atoms with Crippen molar-refractivity contribution >= 4 is 11.3 Å². The van der Waals surface area contributed by atoms with Crippen LogP contribution in [0.1, 0.15) is 56.7 Å². The van der Waals surface area contributed by atoms with Crippen LogP contribution in [0.5, 0.6) is 0 Å². The van der Waals surface area contributed by atoms with Crippen molar-refractivity contribution in [2.75, 3.05) is 6.54 Å². The Morgan fingerprint density at radius 2 is 2.05 bits per heavy atom. The molecule has 2 aliphatic carbocycles. The third kappa shape index (κ3) is 4.06. The molecule has 1 unspecified atom stereocenters. The van der Waals surface area contributed by atoms with Crippen molar-refractivity contribution in [3.05, 3.63) is 22.4 Å². The lowest BCUT2D eigenvalue weighted by atomic mass is 9.95. The van der Waals surface area contributed by atoms with Gasteiger partial charge in [0.2, 0.25) is 0 Å². The van der Waals surface area contributed by atoms with E-state index in [2.05, 4.69) is 34.7 Å². The SMILES string of the molecule is CC(CNC1CCCCC1)N(Cc1cccs1)C1CC1. The summed E-state index contributed by atoms with van der Waals surface area (Å²) in [6.45, 7) is 4.71. The van der Waals surface area contributed by atoms with E-state index in [9.17, 15) is 0 Å². The van der Waals surface area contributed by atoms with Crippen molar-refractivity contribution < 1.29 is 0 Å². The molecule has 0 amide bonds. The zero-order chi connectivity index (χ0) is 13.8. The van der Waals surface area contributed by atoms with Crippen LogP contribution in [0.2, 0.25) is 0 Å². The van der Waals surface area contributed by atoms with Gasteiger partial charge in [0, 0.05) is 36.1 Å². The van der Waals surface area contributed by atoms with Crippen LogP contribution < -0.4 is 5.32 Å². The Labute approximate surface area is 127 Å². The van der Waals surface area contributed by atoms with Crippen molar-refractivity contribution in [2.45, 2.75) is 76.5 Å². The van der Waals surface area contributed by atoms with Crippen molar-refractivity contribution in [3.63, 3.8) is 0 Å². The average Bonchev–Trinajstić information content (AvgIpc) is 3.20. The first kappa shape index (κ1) is 14.6. The molecule has 1 aromatic heterocycles. The van der Waals surface area contributed by atoms with Gasteiger partial charge in [0.1, 0.15) is 0 Å². The second kappa shape index (κ2) is 7.06. The molecule has 2 nitrogen and oxygen atoms in total. The predicted molar refractivity (Wildman–Crippen MR) is 87.2 cm³/mol. The molecule has 2 aliphatic rings. The Balaban J connectivity index is 1.48. The van der Waals surface area contributed by atoms with E-state index in [4.69, 9.17) is 0 Å². The largest absolute Gasteiger partial charge is 0.312 e. The fourth-order valence-corrected chi connectivity index (χ4v) is 4.11. The summed E-state index contributed by atoms with van der Waals surface area (Å²) in [6, 6.07) is 6.75. The standard InChI is InChI=1S/C17H28N2S/c1-14(12-18-15-6-3-2-4-7-15)19(16-9-10-16)13-17-8-5-11-20-17/h5,8,11,14-16,18H,2-4,6-7,9-10,12-13H2,1H3. The van der Waals surface area contributed by atoms with Gasteiger partial charge in [-0.2, -0.15) is 0 Å². The molecule has 1 aromatic rings. The van der Waals surface area contributed by atoms with E-state index >= 15 is 0 Å². The molecule has 1 N–H and O–H groups in total. The average molecular weight is 292 g/mol. The van der Waals surface area contributed by atoms with Crippen molar-refractivity contribution in [1.82, 2.24) is 10.2 Å². The summed E-state index contributed by atoms with van der Waals surface area (Å²) in [6.07, 6.45) is 9.88. The molecule has 112 valence electrons. The maximum absolute atomic E-state index is 3.83. The zero-order valence-corrected chi connectivity index (χ0v) is 13.5. The van der Waals surface area contributed by atoms with Gasteiger partial charge in [-0.1, -0.05) is 25.3 Å². The topological polar surface area (TPSA) is 15.3 Å². The van der Waals surface area contributed by atoms with Gasteiger partial charge in [0.05, 0.1) is 0 Å². The van der Waals surface area contributed by atoms with Gasteiger partial charge in [-0.15, -0.1) is 11.3 Å². The minimum Gasteiger partial charge on any atom is -0.312 e. The maximum atomic E-state index is 3.83. The summed E-state index contributed by atoms with van der Waals surface area (Å²) >= 11 is 1.90. The molecule has 0 bridgehead atoms. The number of nitrogens with one attached hydrogen (secondary N) is 1. The van der Waals surface area contributed by atoms with E-state index in [1.54, 1.807) is 0 Å². The van der Waals surface area contributed by atoms with Crippen LogP contribution in [0.25, 0.3) is 0 Å². The predicted octanol–water partition coefficient (Wildman–Crippen LogP) is 4.02. The highest BCUT2D eigenvalue weighted by Gasteiger charge is 2.32. The molecule has 0 aliphatic heterocycles. The lowest BCUT2D eigenvalue weighted by molar-refractivity contribution is 0.180. The van der Waals surface area contributed by atoms with Crippen molar-refractivity contribution in [2.24, 2.45) is 0 Å². The van der Waals surface area contributed by atoms with E-state index in [0.717, 1.165) is 25.2 Å². The molecule has 0 spiro atoms. The first-order valence-electron chi connectivity index (χ1n) is 8.34. The van der Waals surface area contributed by atoms with E-state index < -0.39 is 0 Å². The molecule has 2 fully saturated rings. The maximum Gasteiger partial charge on any atom is 0.0334 e. The minimum atomic E-state index is 0.659. The Morgan fingerprint density at radius 3 is 2.70 bits per heavy atom.